The molecule has 3 rings (SSSR count). The third kappa shape index (κ3) is 3.01. The number of hydrogen-bond acceptors (Lipinski definition) is 3. The van der Waals surface area contributed by atoms with Crippen molar-refractivity contribution in [2.45, 2.75) is 26.3 Å². The zero-order valence-corrected chi connectivity index (χ0v) is 14.6. The van der Waals surface area contributed by atoms with Crippen LogP contribution in [0.2, 0.25) is 0 Å². The summed E-state index contributed by atoms with van der Waals surface area (Å²) in [5, 5.41) is 3.22. The molecule has 23 heavy (non-hydrogen) atoms. The maximum Gasteiger partial charge on any atom is 0.256 e. The summed E-state index contributed by atoms with van der Waals surface area (Å²) >= 11 is 3.35. The third-order valence-corrected chi connectivity index (χ3v) is 4.69. The van der Waals surface area contributed by atoms with Crippen molar-refractivity contribution < 1.29 is 9.59 Å². The van der Waals surface area contributed by atoms with Crippen molar-refractivity contribution in [3.05, 3.63) is 58.1 Å². The Bertz CT molecular complexity index is 771. The quantitative estimate of drug-likeness (QED) is 0.833. The van der Waals surface area contributed by atoms with Gasteiger partial charge in [-0.05, 0) is 55.3 Å². The van der Waals surface area contributed by atoms with E-state index < -0.39 is 6.04 Å². The lowest BCUT2D eigenvalue weighted by Gasteiger charge is -2.17. The van der Waals surface area contributed by atoms with Crippen LogP contribution in [0.15, 0.2) is 46.9 Å². The maximum atomic E-state index is 12.6. The highest BCUT2D eigenvalue weighted by molar-refractivity contribution is 9.10. The van der Waals surface area contributed by atoms with Gasteiger partial charge in [0.25, 0.3) is 5.91 Å². The molecule has 0 spiro atoms. The minimum Gasteiger partial charge on any atom is -0.373 e. The highest BCUT2D eigenvalue weighted by Crippen LogP contribution is 2.27. The second-order valence-corrected chi connectivity index (χ2v) is 6.61. The predicted molar refractivity (Wildman–Crippen MR) is 94.6 cm³/mol. The van der Waals surface area contributed by atoms with Gasteiger partial charge in [-0.25, -0.2) is 4.90 Å². The number of carbonyl (C=O) groups is 2. The average molecular weight is 373 g/mol. The Morgan fingerprint density at radius 1 is 1.09 bits per heavy atom. The van der Waals surface area contributed by atoms with Gasteiger partial charge in [-0.3, -0.25) is 9.59 Å². The Balaban J connectivity index is 1.84. The van der Waals surface area contributed by atoms with Gasteiger partial charge >= 0.3 is 0 Å². The lowest BCUT2D eigenvalue weighted by Crippen LogP contribution is -2.34. The van der Waals surface area contributed by atoms with Crippen LogP contribution < -0.4 is 10.2 Å². The molecule has 0 unspecified atom stereocenters. The van der Waals surface area contributed by atoms with E-state index >= 15 is 0 Å². The first-order chi connectivity index (χ1) is 11.0. The largest absolute Gasteiger partial charge is 0.373 e. The second kappa shape index (κ2) is 6.16. The standard InChI is InChI=1S/C18H17BrN2O2/c1-11-4-3-5-15(12(11)2)20-16-10-17(22)21(18(16)23)14-8-6-13(19)7-9-14/h3-9,16,20H,10H2,1-2H3/t16-/m1/s1. The van der Waals surface area contributed by atoms with Crippen molar-refractivity contribution >= 4 is 39.1 Å². The fraction of sp³-hybridized carbons (Fsp3) is 0.222. The van der Waals surface area contributed by atoms with Gasteiger partial charge in [-0.1, -0.05) is 28.1 Å². The molecule has 0 aliphatic carbocycles. The number of anilines is 2. The summed E-state index contributed by atoms with van der Waals surface area (Å²) in [6.07, 6.45) is 0.169. The van der Waals surface area contributed by atoms with Crippen LogP contribution in [0.25, 0.3) is 0 Å². The molecule has 2 aromatic carbocycles. The summed E-state index contributed by atoms with van der Waals surface area (Å²) in [6, 6.07) is 12.5. The van der Waals surface area contributed by atoms with E-state index in [-0.39, 0.29) is 18.2 Å². The number of imide groups is 1. The van der Waals surface area contributed by atoms with Crippen molar-refractivity contribution in [1.29, 1.82) is 0 Å². The summed E-state index contributed by atoms with van der Waals surface area (Å²) in [5.74, 6) is -0.390. The summed E-state index contributed by atoms with van der Waals surface area (Å²) in [5.41, 5.74) is 3.74. The second-order valence-electron chi connectivity index (χ2n) is 5.69. The zero-order valence-electron chi connectivity index (χ0n) is 13.0. The van der Waals surface area contributed by atoms with E-state index in [0.717, 1.165) is 21.3 Å². The third-order valence-electron chi connectivity index (χ3n) is 4.17. The zero-order chi connectivity index (χ0) is 16.6. The van der Waals surface area contributed by atoms with Crippen molar-refractivity contribution in [1.82, 2.24) is 0 Å². The Hall–Kier alpha value is -2.14. The normalized spacial score (nSPS) is 17.7. The molecule has 0 bridgehead atoms. The maximum absolute atomic E-state index is 12.6. The molecule has 2 aromatic rings. The monoisotopic (exact) mass is 372 g/mol. The minimum atomic E-state index is -0.522. The number of carbonyl (C=O) groups excluding carboxylic acids is 2. The molecular formula is C18H17BrN2O2. The molecule has 1 saturated heterocycles. The van der Waals surface area contributed by atoms with Gasteiger partial charge in [0.1, 0.15) is 6.04 Å². The van der Waals surface area contributed by atoms with Gasteiger partial charge in [0.05, 0.1) is 12.1 Å². The molecule has 0 radical (unpaired) electrons. The lowest BCUT2D eigenvalue weighted by atomic mass is 10.1. The first kappa shape index (κ1) is 15.7. The number of halogens is 1. The Morgan fingerprint density at radius 2 is 1.78 bits per heavy atom. The molecule has 2 amide bonds. The number of amides is 2. The van der Waals surface area contributed by atoms with E-state index in [0.29, 0.717) is 5.69 Å². The summed E-state index contributed by atoms with van der Waals surface area (Å²) in [7, 11) is 0. The van der Waals surface area contributed by atoms with Gasteiger partial charge in [-0.15, -0.1) is 0 Å². The molecule has 5 heteroatoms. The molecule has 118 valence electrons. The fourth-order valence-electron chi connectivity index (χ4n) is 2.70. The highest BCUT2D eigenvalue weighted by atomic mass is 79.9. The number of benzene rings is 2. The molecule has 1 fully saturated rings. The number of aryl methyl sites for hydroxylation is 1. The first-order valence-corrected chi connectivity index (χ1v) is 8.22. The number of nitrogens with zero attached hydrogens (tertiary/aromatic N) is 1. The van der Waals surface area contributed by atoms with Crippen molar-refractivity contribution in [3.8, 4) is 0 Å². The Kier molecular flexibility index (Phi) is 4.22. The smallest absolute Gasteiger partial charge is 0.256 e. The van der Waals surface area contributed by atoms with Crippen molar-refractivity contribution in [2.75, 3.05) is 10.2 Å². The molecule has 1 atom stereocenters. The molecule has 1 N–H and O–H groups in total. The molecule has 1 aliphatic rings. The van der Waals surface area contributed by atoms with Gasteiger partial charge < -0.3 is 5.32 Å². The van der Waals surface area contributed by atoms with Crippen LogP contribution in [0, 0.1) is 13.8 Å². The van der Waals surface area contributed by atoms with Crippen LogP contribution in [0.1, 0.15) is 17.5 Å². The van der Waals surface area contributed by atoms with E-state index in [1.54, 1.807) is 12.1 Å². The number of rotatable bonds is 3. The Labute approximate surface area is 143 Å². The van der Waals surface area contributed by atoms with Crippen molar-refractivity contribution in [2.24, 2.45) is 0 Å². The van der Waals surface area contributed by atoms with Crippen LogP contribution in [0.3, 0.4) is 0 Å². The van der Waals surface area contributed by atoms with E-state index in [2.05, 4.69) is 21.2 Å². The average Bonchev–Trinajstić information content (AvgIpc) is 2.79. The highest BCUT2D eigenvalue weighted by Gasteiger charge is 2.39. The summed E-state index contributed by atoms with van der Waals surface area (Å²) < 4.78 is 0.908. The fourth-order valence-corrected chi connectivity index (χ4v) is 2.97. The predicted octanol–water partition coefficient (Wildman–Crippen LogP) is 3.81. The van der Waals surface area contributed by atoms with E-state index in [9.17, 15) is 9.59 Å². The van der Waals surface area contributed by atoms with Crippen molar-refractivity contribution in [3.63, 3.8) is 0 Å². The lowest BCUT2D eigenvalue weighted by molar-refractivity contribution is -0.121. The van der Waals surface area contributed by atoms with Crippen LogP contribution in [-0.4, -0.2) is 17.9 Å². The molecule has 1 aliphatic heterocycles. The van der Waals surface area contributed by atoms with Gasteiger partial charge in [0.15, 0.2) is 0 Å². The van der Waals surface area contributed by atoms with Gasteiger partial charge in [-0.2, -0.15) is 0 Å². The summed E-state index contributed by atoms with van der Waals surface area (Å²) in [4.78, 5) is 26.2. The molecule has 0 aromatic heterocycles. The SMILES string of the molecule is Cc1cccc(N[C@@H]2CC(=O)N(c3ccc(Br)cc3)C2=O)c1C. The van der Waals surface area contributed by atoms with Crippen LogP contribution in [0.5, 0.6) is 0 Å². The topological polar surface area (TPSA) is 49.4 Å². The number of nitrogens with one attached hydrogen (secondary N) is 1. The van der Waals surface area contributed by atoms with Gasteiger partial charge in [0, 0.05) is 10.2 Å². The number of hydrogen-bond donors (Lipinski definition) is 1. The Morgan fingerprint density at radius 3 is 2.48 bits per heavy atom. The van der Waals surface area contributed by atoms with E-state index in [1.165, 1.54) is 4.90 Å². The molecule has 1 heterocycles. The van der Waals surface area contributed by atoms with Crippen LogP contribution in [0.4, 0.5) is 11.4 Å². The van der Waals surface area contributed by atoms with E-state index in [4.69, 9.17) is 0 Å². The van der Waals surface area contributed by atoms with E-state index in [1.807, 2.05) is 44.2 Å². The molecular weight excluding hydrogens is 356 g/mol. The minimum absolute atomic E-state index is 0.169. The first-order valence-electron chi connectivity index (χ1n) is 7.42. The summed E-state index contributed by atoms with van der Waals surface area (Å²) in [6.45, 7) is 4.03. The molecule has 4 nitrogen and oxygen atoms in total. The van der Waals surface area contributed by atoms with Crippen LogP contribution >= 0.6 is 15.9 Å². The van der Waals surface area contributed by atoms with Crippen LogP contribution in [-0.2, 0) is 9.59 Å². The molecule has 0 saturated carbocycles. The van der Waals surface area contributed by atoms with Gasteiger partial charge in [0.2, 0.25) is 5.91 Å².